The molecular formula is C13H23NO2. The summed E-state index contributed by atoms with van der Waals surface area (Å²) in [6.07, 6.45) is 8.96. The summed E-state index contributed by atoms with van der Waals surface area (Å²) >= 11 is 0. The van der Waals surface area contributed by atoms with Gasteiger partial charge in [0.25, 0.3) is 0 Å². The van der Waals surface area contributed by atoms with Crippen molar-refractivity contribution >= 4 is 5.78 Å². The van der Waals surface area contributed by atoms with E-state index in [1.807, 2.05) is 0 Å². The zero-order chi connectivity index (χ0) is 11.2. The Labute approximate surface area is 97.9 Å². The monoisotopic (exact) mass is 225 g/mol. The maximum atomic E-state index is 11.5. The van der Waals surface area contributed by atoms with E-state index < -0.39 is 0 Å². The molecule has 0 aromatic carbocycles. The fourth-order valence-corrected chi connectivity index (χ4v) is 2.23. The molecule has 92 valence electrons. The number of Topliss-reactive ketones (excluding diaryl/α,β-unsaturated/α-hetero) is 1. The van der Waals surface area contributed by atoms with Crippen LogP contribution in [0.15, 0.2) is 0 Å². The molecule has 2 fully saturated rings. The molecule has 3 nitrogen and oxygen atoms in total. The molecule has 1 heterocycles. The molecule has 0 aromatic rings. The van der Waals surface area contributed by atoms with Gasteiger partial charge in [-0.05, 0) is 38.5 Å². The summed E-state index contributed by atoms with van der Waals surface area (Å²) in [5.74, 6) is 0.408. The minimum Gasteiger partial charge on any atom is -0.378 e. The topological polar surface area (TPSA) is 38.3 Å². The van der Waals surface area contributed by atoms with Crippen LogP contribution in [0.1, 0.15) is 51.4 Å². The third-order valence-corrected chi connectivity index (χ3v) is 3.42. The number of rotatable bonds is 8. The molecule has 1 atom stereocenters. The Balaban J connectivity index is 1.43. The molecule has 0 radical (unpaired) electrons. The van der Waals surface area contributed by atoms with Crippen LogP contribution >= 0.6 is 0 Å². The fraction of sp³-hybridized carbons (Fsp3) is 0.923. The van der Waals surface area contributed by atoms with Crippen molar-refractivity contribution in [3.8, 4) is 0 Å². The van der Waals surface area contributed by atoms with Crippen LogP contribution in [0.5, 0.6) is 0 Å². The molecule has 1 aliphatic carbocycles. The van der Waals surface area contributed by atoms with Gasteiger partial charge in [0.2, 0.25) is 0 Å². The first kappa shape index (κ1) is 12.1. The first-order valence-corrected chi connectivity index (χ1v) is 6.71. The van der Waals surface area contributed by atoms with Crippen LogP contribution in [0, 0.1) is 0 Å². The summed E-state index contributed by atoms with van der Waals surface area (Å²) in [5.41, 5.74) is 0. The molecule has 1 saturated heterocycles. The van der Waals surface area contributed by atoms with Gasteiger partial charge in [-0.25, -0.2) is 0 Å². The van der Waals surface area contributed by atoms with Gasteiger partial charge in [-0.2, -0.15) is 0 Å². The van der Waals surface area contributed by atoms with Gasteiger partial charge in [0, 0.05) is 32.0 Å². The van der Waals surface area contributed by atoms with Crippen molar-refractivity contribution < 1.29 is 9.53 Å². The number of hydrogen-bond donors (Lipinski definition) is 1. The SMILES string of the molecule is O=C(CCCC1CCCO1)CCNC1CC1. The van der Waals surface area contributed by atoms with Gasteiger partial charge < -0.3 is 10.1 Å². The lowest BCUT2D eigenvalue weighted by molar-refractivity contribution is -0.119. The van der Waals surface area contributed by atoms with Crippen LogP contribution in [0.4, 0.5) is 0 Å². The lowest BCUT2D eigenvalue weighted by Gasteiger charge is -2.08. The van der Waals surface area contributed by atoms with Gasteiger partial charge in [-0.3, -0.25) is 4.79 Å². The highest BCUT2D eigenvalue weighted by atomic mass is 16.5. The standard InChI is InChI=1S/C13H23NO2/c15-12(8-9-14-11-6-7-11)3-1-4-13-5-2-10-16-13/h11,13-14H,1-10H2. The van der Waals surface area contributed by atoms with E-state index in [9.17, 15) is 4.79 Å². The normalized spacial score (nSPS) is 24.9. The van der Waals surface area contributed by atoms with E-state index in [0.717, 1.165) is 38.5 Å². The van der Waals surface area contributed by atoms with Crippen LogP contribution in [0.25, 0.3) is 0 Å². The number of nitrogens with one attached hydrogen (secondary N) is 1. The molecule has 0 bridgehead atoms. The Kier molecular flexibility index (Phi) is 4.79. The Hall–Kier alpha value is -0.410. The lowest BCUT2D eigenvalue weighted by atomic mass is 10.1. The van der Waals surface area contributed by atoms with Crippen LogP contribution in [0.3, 0.4) is 0 Å². The average molecular weight is 225 g/mol. The van der Waals surface area contributed by atoms with Gasteiger partial charge in [0.05, 0.1) is 6.10 Å². The number of ketones is 1. The first-order chi connectivity index (χ1) is 7.84. The first-order valence-electron chi connectivity index (χ1n) is 6.71. The number of carbonyl (C=O) groups is 1. The predicted octanol–water partition coefficient (Wildman–Crippen LogP) is 2.05. The minimum atomic E-state index is 0.408. The molecule has 0 aromatic heterocycles. The quantitative estimate of drug-likeness (QED) is 0.687. The Morgan fingerprint density at radius 2 is 2.12 bits per heavy atom. The Bertz CT molecular complexity index is 220. The highest BCUT2D eigenvalue weighted by Gasteiger charge is 2.20. The van der Waals surface area contributed by atoms with Gasteiger partial charge >= 0.3 is 0 Å². The van der Waals surface area contributed by atoms with Gasteiger partial charge in [-0.15, -0.1) is 0 Å². The zero-order valence-corrected chi connectivity index (χ0v) is 10.0. The van der Waals surface area contributed by atoms with Crippen molar-refractivity contribution in [2.45, 2.75) is 63.5 Å². The van der Waals surface area contributed by atoms with Crippen LogP contribution < -0.4 is 5.32 Å². The summed E-state index contributed by atoms with van der Waals surface area (Å²) in [6.45, 7) is 1.80. The summed E-state index contributed by atoms with van der Waals surface area (Å²) in [7, 11) is 0. The molecule has 1 unspecified atom stereocenters. The van der Waals surface area contributed by atoms with Gasteiger partial charge in [0.15, 0.2) is 0 Å². The van der Waals surface area contributed by atoms with Crippen LogP contribution in [-0.4, -0.2) is 31.1 Å². The second-order valence-corrected chi connectivity index (χ2v) is 5.04. The zero-order valence-electron chi connectivity index (χ0n) is 10.0. The van der Waals surface area contributed by atoms with Crippen molar-refractivity contribution in [3.63, 3.8) is 0 Å². The van der Waals surface area contributed by atoms with Crippen LogP contribution in [-0.2, 0) is 9.53 Å². The summed E-state index contributed by atoms with van der Waals surface area (Å²) in [4.78, 5) is 11.5. The lowest BCUT2D eigenvalue weighted by Crippen LogP contribution is -2.20. The maximum Gasteiger partial charge on any atom is 0.134 e. The third-order valence-electron chi connectivity index (χ3n) is 3.42. The summed E-state index contributed by atoms with van der Waals surface area (Å²) in [5, 5.41) is 3.37. The second kappa shape index (κ2) is 6.36. The highest BCUT2D eigenvalue weighted by Crippen LogP contribution is 2.19. The molecule has 3 heteroatoms. The molecule has 1 aliphatic heterocycles. The maximum absolute atomic E-state index is 11.5. The molecule has 0 amide bonds. The molecule has 2 rings (SSSR count). The van der Waals surface area contributed by atoms with Crippen molar-refractivity contribution in [1.29, 1.82) is 0 Å². The van der Waals surface area contributed by atoms with Crippen molar-refractivity contribution in [2.75, 3.05) is 13.2 Å². The summed E-state index contributed by atoms with van der Waals surface area (Å²) < 4.78 is 5.53. The molecular weight excluding hydrogens is 202 g/mol. The van der Waals surface area contributed by atoms with E-state index >= 15 is 0 Å². The molecule has 2 aliphatic rings. The van der Waals surface area contributed by atoms with Crippen molar-refractivity contribution in [3.05, 3.63) is 0 Å². The van der Waals surface area contributed by atoms with Gasteiger partial charge in [0.1, 0.15) is 5.78 Å². The number of hydrogen-bond acceptors (Lipinski definition) is 3. The van der Waals surface area contributed by atoms with Crippen molar-refractivity contribution in [2.24, 2.45) is 0 Å². The van der Waals surface area contributed by atoms with E-state index in [0.29, 0.717) is 18.3 Å². The largest absolute Gasteiger partial charge is 0.378 e. The smallest absolute Gasteiger partial charge is 0.134 e. The molecule has 1 saturated carbocycles. The molecule has 16 heavy (non-hydrogen) atoms. The molecule has 0 spiro atoms. The third kappa shape index (κ3) is 4.62. The van der Waals surface area contributed by atoms with E-state index in [1.54, 1.807) is 0 Å². The second-order valence-electron chi connectivity index (χ2n) is 5.04. The Morgan fingerprint density at radius 1 is 1.25 bits per heavy atom. The summed E-state index contributed by atoms with van der Waals surface area (Å²) in [6, 6.07) is 0.722. The number of ether oxygens (including phenoxy) is 1. The van der Waals surface area contributed by atoms with E-state index in [4.69, 9.17) is 4.74 Å². The Morgan fingerprint density at radius 3 is 2.81 bits per heavy atom. The van der Waals surface area contributed by atoms with Gasteiger partial charge in [-0.1, -0.05) is 0 Å². The van der Waals surface area contributed by atoms with Crippen LogP contribution in [0.2, 0.25) is 0 Å². The van der Waals surface area contributed by atoms with E-state index in [2.05, 4.69) is 5.32 Å². The molecule has 1 N–H and O–H groups in total. The average Bonchev–Trinajstić information content (AvgIpc) is 2.94. The minimum absolute atomic E-state index is 0.408. The van der Waals surface area contributed by atoms with E-state index in [-0.39, 0.29) is 0 Å². The number of carbonyl (C=O) groups excluding carboxylic acids is 1. The fourth-order valence-electron chi connectivity index (χ4n) is 2.23. The van der Waals surface area contributed by atoms with E-state index in [1.165, 1.54) is 25.7 Å². The highest BCUT2D eigenvalue weighted by molar-refractivity contribution is 5.78. The predicted molar refractivity (Wildman–Crippen MR) is 63.5 cm³/mol. The van der Waals surface area contributed by atoms with Crippen molar-refractivity contribution in [1.82, 2.24) is 5.32 Å².